The standard InChI is InChI=1S/C19H17F3N4O3S/c1-11-7-13-9-15(30(23,27)28)5-6-16(13)26(11)10-17-24-18(25-29-17)12-3-2-4-14(8-12)19(20,21)22/h2-6,8-9,11H,7,10H2,1H3,(H2,23,27,28)/t11-/m1/s1. The molecule has 11 heteroatoms. The van der Waals surface area contributed by atoms with Crippen LogP contribution in [-0.4, -0.2) is 24.6 Å². The third-order valence-corrected chi connectivity index (χ3v) is 5.87. The van der Waals surface area contributed by atoms with Gasteiger partial charge in [0, 0.05) is 17.3 Å². The zero-order chi connectivity index (χ0) is 21.7. The van der Waals surface area contributed by atoms with Gasteiger partial charge in [0.25, 0.3) is 0 Å². The number of rotatable bonds is 4. The quantitative estimate of drug-likeness (QED) is 0.670. The zero-order valence-electron chi connectivity index (χ0n) is 15.7. The summed E-state index contributed by atoms with van der Waals surface area (Å²) in [5, 5.41) is 9.00. The molecular formula is C19H17F3N4O3S. The summed E-state index contributed by atoms with van der Waals surface area (Å²) < 4.78 is 67.2. The third-order valence-electron chi connectivity index (χ3n) is 4.96. The Bertz CT molecular complexity index is 1210. The fraction of sp³-hybridized carbons (Fsp3) is 0.263. The molecule has 0 saturated heterocycles. The maximum absolute atomic E-state index is 12.9. The van der Waals surface area contributed by atoms with Crippen LogP contribution in [0.2, 0.25) is 0 Å². The molecule has 1 atom stereocenters. The van der Waals surface area contributed by atoms with Crippen LogP contribution >= 0.6 is 0 Å². The summed E-state index contributed by atoms with van der Waals surface area (Å²) in [6, 6.07) is 9.38. The molecule has 2 N–H and O–H groups in total. The molecule has 0 spiro atoms. The molecule has 3 aromatic rings. The van der Waals surface area contributed by atoms with Crippen LogP contribution < -0.4 is 10.0 Å². The lowest BCUT2D eigenvalue weighted by atomic mass is 10.1. The molecule has 2 heterocycles. The van der Waals surface area contributed by atoms with Gasteiger partial charge >= 0.3 is 6.18 Å². The first-order chi connectivity index (χ1) is 14.0. The van der Waals surface area contributed by atoms with E-state index in [0.29, 0.717) is 6.42 Å². The van der Waals surface area contributed by atoms with Gasteiger partial charge in [-0.1, -0.05) is 17.3 Å². The van der Waals surface area contributed by atoms with E-state index in [0.717, 1.165) is 23.4 Å². The minimum atomic E-state index is -4.47. The van der Waals surface area contributed by atoms with Crippen LogP contribution in [0, 0.1) is 0 Å². The average molecular weight is 438 g/mol. The van der Waals surface area contributed by atoms with Crippen molar-refractivity contribution in [2.75, 3.05) is 4.90 Å². The Morgan fingerprint density at radius 2 is 2.00 bits per heavy atom. The number of nitrogens with zero attached hydrogens (tertiary/aromatic N) is 3. The number of benzene rings is 2. The Labute approximate surface area is 170 Å². The molecule has 30 heavy (non-hydrogen) atoms. The van der Waals surface area contributed by atoms with Crippen molar-refractivity contribution in [1.82, 2.24) is 10.1 Å². The van der Waals surface area contributed by atoms with Gasteiger partial charge in [-0.25, -0.2) is 13.6 Å². The second-order valence-electron chi connectivity index (χ2n) is 7.11. The molecule has 0 bridgehead atoms. The van der Waals surface area contributed by atoms with E-state index in [-0.39, 0.29) is 34.8 Å². The molecule has 0 unspecified atom stereocenters. The molecule has 2 aromatic carbocycles. The number of hydrogen-bond acceptors (Lipinski definition) is 6. The normalized spacial score (nSPS) is 16.7. The number of primary sulfonamides is 1. The highest BCUT2D eigenvalue weighted by Crippen LogP contribution is 2.35. The predicted molar refractivity (Wildman–Crippen MR) is 102 cm³/mol. The van der Waals surface area contributed by atoms with Gasteiger partial charge in [-0.15, -0.1) is 0 Å². The number of fused-ring (bicyclic) bond motifs is 1. The maximum atomic E-state index is 12.9. The van der Waals surface area contributed by atoms with Gasteiger partial charge in [-0.2, -0.15) is 18.2 Å². The van der Waals surface area contributed by atoms with Gasteiger partial charge in [-0.05, 0) is 49.2 Å². The van der Waals surface area contributed by atoms with E-state index in [4.69, 9.17) is 9.66 Å². The number of hydrogen-bond donors (Lipinski definition) is 1. The summed E-state index contributed by atoms with van der Waals surface area (Å²) >= 11 is 0. The summed E-state index contributed by atoms with van der Waals surface area (Å²) in [6.07, 6.45) is -3.86. The van der Waals surface area contributed by atoms with E-state index < -0.39 is 21.8 Å². The topological polar surface area (TPSA) is 102 Å². The molecule has 158 valence electrons. The number of halogens is 3. The fourth-order valence-corrected chi connectivity index (χ4v) is 4.07. The first-order valence-electron chi connectivity index (χ1n) is 8.95. The smallest absolute Gasteiger partial charge is 0.359 e. The van der Waals surface area contributed by atoms with Gasteiger partial charge in [-0.3, -0.25) is 0 Å². The summed E-state index contributed by atoms with van der Waals surface area (Å²) in [4.78, 5) is 6.23. The van der Waals surface area contributed by atoms with Gasteiger partial charge in [0.05, 0.1) is 17.0 Å². The Kier molecular flexibility index (Phi) is 4.82. The van der Waals surface area contributed by atoms with E-state index >= 15 is 0 Å². The van der Waals surface area contributed by atoms with Crippen molar-refractivity contribution < 1.29 is 26.1 Å². The number of alkyl halides is 3. The van der Waals surface area contributed by atoms with Gasteiger partial charge in [0.2, 0.25) is 21.7 Å². The summed E-state index contributed by atoms with van der Waals surface area (Å²) in [6.45, 7) is 2.19. The van der Waals surface area contributed by atoms with E-state index in [1.54, 1.807) is 12.1 Å². The van der Waals surface area contributed by atoms with Crippen molar-refractivity contribution in [1.29, 1.82) is 0 Å². The van der Waals surface area contributed by atoms with Crippen molar-refractivity contribution in [3.63, 3.8) is 0 Å². The van der Waals surface area contributed by atoms with E-state index in [1.165, 1.54) is 18.2 Å². The molecule has 0 saturated carbocycles. The van der Waals surface area contributed by atoms with E-state index in [1.807, 2.05) is 11.8 Å². The summed E-state index contributed by atoms with van der Waals surface area (Å²) in [5.74, 6) is 0.297. The van der Waals surface area contributed by atoms with Crippen molar-refractivity contribution in [3.8, 4) is 11.4 Å². The molecule has 0 aliphatic carbocycles. The van der Waals surface area contributed by atoms with Crippen LogP contribution in [0.4, 0.5) is 18.9 Å². The lowest BCUT2D eigenvalue weighted by Crippen LogP contribution is -2.28. The monoisotopic (exact) mass is 438 g/mol. The average Bonchev–Trinajstić information content (AvgIpc) is 3.25. The largest absolute Gasteiger partial charge is 0.416 e. The first kappa shape index (κ1) is 20.4. The maximum Gasteiger partial charge on any atom is 0.416 e. The van der Waals surface area contributed by atoms with Crippen LogP contribution in [0.1, 0.15) is 23.9 Å². The third kappa shape index (κ3) is 3.90. The number of nitrogens with two attached hydrogens (primary N) is 1. The Morgan fingerprint density at radius 3 is 2.70 bits per heavy atom. The minimum absolute atomic E-state index is 0.0274. The Balaban J connectivity index is 1.58. The molecule has 0 fully saturated rings. The van der Waals surface area contributed by atoms with Crippen molar-refractivity contribution >= 4 is 15.7 Å². The molecule has 1 aromatic heterocycles. The van der Waals surface area contributed by atoms with Crippen LogP contribution in [0.25, 0.3) is 11.4 Å². The highest BCUT2D eigenvalue weighted by molar-refractivity contribution is 7.89. The van der Waals surface area contributed by atoms with Crippen molar-refractivity contribution in [2.24, 2.45) is 5.14 Å². The Morgan fingerprint density at radius 1 is 1.23 bits per heavy atom. The van der Waals surface area contributed by atoms with Crippen LogP contribution in [-0.2, 0) is 29.2 Å². The van der Waals surface area contributed by atoms with Crippen LogP contribution in [0.3, 0.4) is 0 Å². The number of anilines is 1. The van der Waals surface area contributed by atoms with Crippen molar-refractivity contribution in [2.45, 2.75) is 37.0 Å². The molecule has 1 aliphatic heterocycles. The Hall–Kier alpha value is -2.92. The van der Waals surface area contributed by atoms with Gasteiger partial charge in [0.1, 0.15) is 0 Å². The summed E-state index contributed by atoms with van der Waals surface area (Å²) in [7, 11) is -3.80. The van der Waals surface area contributed by atoms with Crippen LogP contribution in [0.15, 0.2) is 51.9 Å². The molecule has 0 amide bonds. The molecule has 1 aliphatic rings. The molecular weight excluding hydrogens is 421 g/mol. The van der Waals surface area contributed by atoms with Crippen LogP contribution in [0.5, 0.6) is 0 Å². The molecule has 0 radical (unpaired) electrons. The van der Waals surface area contributed by atoms with Gasteiger partial charge in [0.15, 0.2) is 0 Å². The fourth-order valence-electron chi connectivity index (χ4n) is 3.51. The number of aromatic nitrogens is 2. The SMILES string of the molecule is C[C@@H]1Cc2cc(S(N)(=O)=O)ccc2N1Cc1nc(-c2cccc(C(F)(F)F)c2)no1. The zero-order valence-corrected chi connectivity index (χ0v) is 16.5. The lowest BCUT2D eigenvalue weighted by Gasteiger charge is -2.22. The lowest BCUT2D eigenvalue weighted by molar-refractivity contribution is -0.137. The minimum Gasteiger partial charge on any atom is -0.359 e. The van der Waals surface area contributed by atoms with Gasteiger partial charge < -0.3 is 9.42 Å². The second kappa shape index (κ2) is 7.10. The highest BCUT2D eigenvalue weighted by atomic mass is 32.2. The second-order valence-corrected chi connectivity index (χ2v) is 8.67. The van der Waals surface area contributed by atoms with E-state index in [9.17, 15) is 21.6 Å². The van der Waals surface area contributed by atoms with E-state index in [2.05, 4.69) is 10.1 Å². The molecule has 7 nitrogen and oxygen atoms in total. The molecule has 4 rings (SSSR count). The van der Waals surface area contributed by atoms with Crippen molar-refractivity contribution in [3.05, 3.63) is 59.5 Å². The predicted octanol–water partition coefficient (Wildman–Crippen LogP) is 3.35. The number of sulfonamides is 1. The first-order valence-corrected chi connectivity index (χ1v) is 10.5. The summed E-state index contributed by atoms with van der Waals surface area (Å²) in [5.41, 5.74) is 1.05. The highest BCUT2D eigenvalue weighted by Gasteiger charge is 2.31.